The maximum absolute atomic E-state index is 11.2. The summed E-state index contributed by atoms with van der Waals surface area (Å²) in [4.78, 5) is 26.0. The van der Waals surface area contributed by atoms with E-state index in [1.54, 1.807) is 25.1 Å². The summed E-state index contributed by atoms with van der Waals surface area (Å²) < 4.78 is 5.20. The minimum atomic E-state index is -0.276. The molecule has 0 saturated heterocycles. The molecule has 0 aliphatic heterocycles. The second-order valence-electron chi connectivity index (χ2n) is 3.34. The second-order valence-corrected chi connectivity index (χ2v) is 3.34. The smallest absolute Gasteiger partial charge is 0.258 e. The number of aryl methyl sites for hydroxylation is 1. The van der Waals surface area contributed by atoms with E-state index >= 15 is 0 Å². The van der Waals surface area contributed by atoms with Crippen molar-refractivity contribution in [3.8, 4) is 5.75 Å². The summed E-state index contributed by atoms with van der Waals surface area (Å²) >= 11 is 0. The highest BCUT2D eigenvalue weighted by molar-refractivity contribution is 5.79. The lowest BCUT2D eigenvalue weighted by Crippen LogP contribution is -2.29. The Labute approximate surface area is 99.5 Å². The lowest BCUT2D eigenvalue weighted by Gasteiger charge is -2.08. The first-order valence-corrected chi connectivity index (χ1v) is 5.10. The molecule has 90 valence electrons. The molecule has 1 amide bonds. The molecule has 0 saturated carbocycles. The molecule has 0 bridgehead atoms. The molecule has 0 aliphatic rings. The van der Waals surface area contributed by atoms with Crippen molar-refractivity contribution in [2.45, 2.75) is 6.92 Å². The van der Waals surface area contributed by atoms with Crippen LogP contribution >= 0.6 is 0 Å². The molecule has 1 N–H and O–H groups in total. The van der Waals surface area contributed by atoms with Gasteiger partial charge in [0.2, 0.25) is 0 Å². The molecule has 0 unspecified atom stereocenters. The van der Waals surface area contributed by atoms with E-state index in [1.165, 1.54) is 0 Å². The van der Waals surface area contributed by atoms with Crippen LogP contribution < -0.4 is 10.1 Å². The molecule has 0 atom stereocenters. The second kappa shape index (κ2) is 6.42. The number of amides is 1. The van der Waals surface area contributed by atoms with E-state index in [9.17, 15) is 9.59 Å². The van der Waals surface area contributed by atoms with Crippen molar-refractivity contribution >= 4 is 12.2 Å². The third-order valence-corrected chi connectivity index (χ3v) is 1.94. The van der Waals surface area contributed by atoms with Crippen molar-refractivity contribution in [3.05, 3.63) is 36.2 Å². The van der Waals surface area contributed by atoms with Gasteiger partial charge in [-0.1, -0.05) is 6.08 Å². The Bertz CT molecular complexity index is 430. The number of ether oxygens (including phenoxy) is 1. The molecule has 17 heavy (non-hydrogen) atoms. The number of carbonyl (C=O) groups is 2. The Morgan fingerprint density at radius 2 is 2.35 bits per heavy atom. The summed E-state index contributed by atoms with van der Waals surface area (Å²) in [5.74, 6) is 0.0293. The molecule has 5 nitrogen and oxygen atoms in total. The van der Waals surface area contributed by atoms with Crippen LogP contribution in [0.4, 0.5) is 0 Å². The summed E-state index contributed by atoms with van der Waals surface area (Å²) in [6.45, 7) is 5.48. The largest absolute Gasteiger partial charge is 0.481 e. The van der Waals surface area contributed by atoms with Gasteiger partial charge in [-0.3, -0.25) is 9.59 Å². The fraction of sp³-hybridized carbons (Fsp3) is 0.250. The van der Waals surface area contributed by atoms with Gasteiger partial charge < -0.3 is 10.1 Å². The summed E-state index contributed by atoms with van der Waals surface area (Å²) in [5.41, 5.74) is 0.914. The molecule has 0 spiro atoms. The lowest BCUT2D eigenvalue weighted by atomic mass is 10.3. The number of aldehydes is 1. The van der Waals surface area contributed by atoms with Gasteiger partial charge in [-0.2, -0.15) is 0 Å². The highest BCUT2D eigenvalue weighted by Gasteiger charge is 2.07. The van der Waals surface area contributed by atoms with Crippen LogP contribution in [0.1, 0.15) is 16.2 Å². The van der Waals surface area contributed by atoms with Crippen LogP contribution in [0.15, 0.2) is 24.8 Å². The zero-order valence-electron chi connectivity index (χ0n) is 9.60. The first kappa shape index (κ1) is 12.9. The van der Waals surface area contributed by atoms with Gasteiger partial charge in [0, 0.05) is 12.2 Å². The van der Waals surface area contributed by atoms with E-state index in [2.05, 4.69) is 16.9 Å². The third-order valence-electron chi connectivity index (χ3n) is 1.94. The predicted molar refractivity (Wildman–Crippen MR) is 63.1 cm³/mol. The highest BCUT2D eigenvalue weighted by atomic mass is 16.5. The Morgan fingerprint density at radius 1 is 1.59 bits per heavy atom. The molecule has 0 aliphatic carbocycles. The number of carbonyl (C=O) groups excluding carboxylic acids is 2. The topological polar surface area (TPSA) is 68.3 Å². The molecule has 0 radical (unpaired) electrons. The van der Waals surface area contributed by atoms with E-state index in [0.29, 0.717) is 18.6 Å². The Hall–Kier alpha value is -2.17. The predicted octanol–water partition coefficient (Wildman–Crippen LogP) is 0.884. The molecule has 1 rings (SSSR count). The van der Waals surface area contributed by atoms with Crippen LogP contribution in [0.3, 0.4) is 0 Å². The van der Waals surface area contributed by atoms with Crippen molar-refractivity contribution in [2.24, 2.45) is 0 Å². The van der Waals surface area contributed by atoms with Crippen molar-refractivity contribution in [2.75, 3.05) is 13.2 Å². The average Bonchev–Trinajstić information content (AvgIpc) is 2.34. The number of nitrogens with one attached hydrogen (secondary N) is 1. The van der Waals surface area contributed by atoms with Crippen LogP contribution in [-0.4, -0.2) is 30.3 Å². The van der Waals surface area contributed by atoms with Crippen LogP contribution in [0.5, 0.6) is 5.75 Å². The van der Waals surface area contributed by atoms with Crippen LogP contribution in [0, 0.1) is 6.92 Å². The van der Waals surface area contributed by atoms with Gasteiger partial charge in [-0.15, -0.1) is 6.58 Å². The number of aromatic nitrogens is 1. The van der Waals surface area contributed by atoms with E-state index < -0.39 is 0 Å². The minimum Gasteiger partial charge on any atom is -0.481 e. The van der Waals surface area contributed by atoms with Crippen molar-refractivity contribution < 1.29 is 14.3 Å². The third kappa shape index (κ3) is 4.06. The molecule has 0 aromatic carbocycles. The van der Waals surface area contributed by atoms with Gasteiger partial charge >= 0.3 is 0 Å². The zero-order chi connectivity index (χ0) is 12.7. The first-order chi connectivity index (χ1) is 8.17. The monoisotopic (exact) mass is 234 g/mol. The molecular formula is C12H14N2O3. The van der Waals surface area contributed by atoms with E-state index in [1.807, 2.05) is 0 Å². The van der Waals surface area contributed by atoms with Crippen molar-refractivity contribution in [3.63, 3.8) is 0 Å². The molecule has 5 heteroatoms. The van der Waals surface area contributed by atoms with Gasteiger partial charge in [-0.05, 0) is 19.1 Å². The fourth-order valence-corrected chi connectivity index (χ4v) is 1.15. The highest BCUT2D eigenvalue weighted by Crippen LogP contribution is 2.14. The Balaban J connectivity index is 2.59. The molecular weight excluding hydrogens is 220 g/mol. The van der Waals surface area contributed by atoms with Gasteiger partial charge in [0.25, 0.3) is 5.91 Å². The quantitative estimate of drug-likeness (QED) is 0.586. The maximum atomic E-state index is 11.2. The lowest BCUT2D eigenvalue weighted by molar-refractivity contribution is -0.122. The Morgan fingerprint density at radius 3 is 3.00 bits per heavy atom. The number of pyridine rings is 1. The van der Waals surface area contributed by atoms with Crippen LogP contribution in [0.2, 0.25) is 0 Å². The normalized spacial score (nSPS) is 9.47. The number of hydrogen-bond donors (Lipinski definition) is 1. The van der Waals surface area contributed by atoms with Crippen LogP contribution in [-0.2, 0) is 4.79 Å². The van der Waals surface area contributed by atoms with Gasteiger partial charge in [0.15, 0.2) is 12.9 Å². The van der Waals surface area contributed by atoms with Crippen molar-refractivity contribution in [1.82, 2.24) is 10.3 Å². The van der Waals surface area contributed by atoms with Crippen LogP contribution in [0.25, 0.3) is 0 Å². The van der Waals surface area contributed by atoms with Gasteiger partial charge in [0.05, 0.1) is 0 Å². The summed E-state index contributed by atoms with van der Waals surface area (Å²) in [6.07, 6.45) is 2.17. The van der Waals surface area contributed by atoms with E-state index in [4.69, 9.17) is 4.74 Å². The SMILES string of the molecule is C=CCNC(=O)COc1ccc(C)nc1C=O. The number of nitrogens with zero attached hydrogens (tertiary/aromatic N) is 1. The molecule has 0 fully saturated rings. The summed E-state index contributed by atoms with van der Waals surface area (Å²) in [7, 11) is 0. The van der Waals surface area contributed by atoms with E-state index in [-0.39, 0.29) is 18.2 Å². The van der Waals surface area contributed by atoms with Crippen molar-refractivity contribution in [1.29, 1.82) is 0 Å². The van der Waals surface area contributed by atoms with Gasteiger partial charge in [0.1, 0.15) is 11.4 Å². The maximum Gasteiger partial charge on any atom is 0.258 e. The minimum absolute atomic E-state index is 0.153. The average molecular weight is 234 g/mol. The standard InChI is InChI=1S/C12H14N2O3/c1-3-6-13-12(16)8-17-11-5-4-9(2)14-10(11)7-15/h3-5,7H,1,6,8H2,2H3,(H,13,16). The summed E-state index contributed by atoms with van der Waals surface area (Å²) in [5, 5.41) is 2.56. The number of rotatable bonds is 6. The fourth-order valence-electron chi connectivity index (χ4n) is 1.15. The first-order valence-electron chi connectivity index (χ1n) is 5.10. The molecule has 1 aromatic rings. The van der Waals surface area contributed by atoms with Gasteiger partial charge in [-0.25, -0.2) is 4.98 Å². The summed E-state index contributed by atoms with van der Waals surface area (Å²) in [6, 6.07) is 3.33. The zero-order valence-corrected chi connectivity index (χ0v) is 9.60. The number of hydrogen-bond acceptors (Lipinski definition) is 4. The Kier molecular flexibility index (Phi) is 4.87. The molecule has 1 heterocycles. The molecule has 1 aromatic heterocycles. The van der Waals surface area contributed by atoms with E-state index in [0.717, 1.165) is 5.69 Å².